The van der Waals surface area contributed by atoms with Crippen molar-refractivity contribution in [1.29, 1.82) is 0 Å². The van der Waals surface area contributed by atoms with E-state index in [1.807, 2.05) is 18.0 Å². The van der Waals surface area contributed by atoms with Crippen LogP contribution in [0.4, 0.5) is 0 Å². The number of carbonyl (C=O) groups is 1. The molecule has 0 aromatic carbocycles. The fourth-order valence-electron chi connectivity index (χ4n) is 3.48. The topological polar surface area (TPSA) is 98.1 Å². The van der Waals surface area contributed by atoms with E-state index < -0.39 is 9.84 Å². The highest BCUT2D eigenvalue weighted by atomic mass is 32.2. The van der Waals surface area contributed by atoms with Crippen LogP contribution in [0.3, 0.4) is 0 Å². The molecule has 2 aromatic rings. The van der Waals surface area contributed by atoms with E-state index in [9.17, 15) is 13.2 Å². The average molecular weight is 396 g/mol. The Bertz CT molecular complexity index is 937. The van der Waals surface area contributed by atoms with Crippen molar-refractivity contribution in [1.82, 2.24) is 24.3 Å². The Labute approximate surface area is 156 Å². The van der Waals surface area contributed by atoms with E-state index in [4.69, 9.17) is 0 Å². The zero-order chi connectivity index (χ0) is 18.5. The van der Waals surface area contributed by atoms with Crippen molar-refractivity contribution in [2.75, 3.05) is 19.3 Å². The molecule has 1 aliphatic carbocycles. The summed E-state index contributed by atoms with van der Waals surface area (Å²) in [6, 6.07) is 1.91. The molecule has 2 fully saturated rings. The van der Waals surface area contributed by atoms with E-state index in [1.54, 1.807) is 4.68 Å². The summed E-state index contributed by atoms with van der Waals surface area (Å²) in [6.45, 7) is 1.16. The van der Waals surface area contributed by atoms with Crippen molar-refractivity contribution >= 4 is 27.3 Å². The number of sulfone groups is 1. The third-order valence-corrected chi connectivity index (χ3v) is 7.65. The van der Waals surface area contributed by atoms with Crippen molar-refractivity contribution in [2.45, 2.75) is 41.7 Å². The van der Waals surface area contributed by atoms with Crippen LogP contribution in [-0.2, 0) is 16.9 Å². The molecule has 4 rings (SSSR count). The van der Waals surface area contributed by atoms with Gasteiger partial charge in [0.25, 0.3) is 5.91 Å². The third kappa shape index (κ3) is 3.27. The van der Waals surface area contributed by atoms with Crippen LogP contribution in [0.15, 0.2) is 10.3 Å². The molecule has 2 aromatic heterocycles. The van der Waals surface area contributed by atoms with Crippen LogP contribution in [0.2, 0.25) is 0 Å². The van der Waals surface area contributed by atoms with Crippen LogP contribution < -0.4 is 0 Å². The first-order valence-corrected chi connectivity index (χ1v) is 11.4. The predicted octanol–water partition coefficient (Wildman–Crippen LogP) is 1.57. The lowest BCUT2D eigenvalue weighted by molar-refractivity contribution is 0.0700. The summed E-state index contributed by atoms with van der Waals surface area (Å²) < 4.78 is 29.5. The first-order valence-electron chi connectivity index (χ1n) is 8.70. The summed E-state index contributed by atoms with van der Waals surface area (Å²) >= 11 is 0.926. The largest absolute Gasteiger partial charge is 0.337 e. The smallest absolute Gasteiger partial charge is 0.272 e. The molecule has 1 saturated heterocycles. The minimum atomic E-state index is -3.32. The number of amides is 1. The predicted molar refractivity (Wildman–Crippen MR) is 96.1 cm³/mol. The molecule has 10 heteroatoms. The average Bonchev–Trinajstić information content (AvgIpc) is 3.18. The number of aryl methyl sites for hydroxylation is 1. The molecule has 0 bridgehead atoms. The highest BCUT2D eigenvalue weighted by molar-refractivity contribution is 7.92. The Balaban J connectivity index is 1.45. The lowest BCUT2D eigenvalue weighted by atomic mass is 9.94. The molecule has 1 saturated carbocycles. The van der Waals surface area contributed by atoms with Crippen LogP contribution >= 0.6 is 11.5 Å². The summed E-state index contributed by atoms with van der Waals surface area (Å²) in [7, 11) is -1.51. The van der Waals surface area contributed by atoms with Crippen molar-refractivity contribution in [3.8, 4) is 0 Å². The minimum absolute atomic E-state index is 0.00918. The number of rotatable bonds is 4. The van der Waals surface area contributed by atoms with Crippen LogP contribution in [0.5, 0.6) is 0 Å². The van der Waals surface area contributed by atoms with Crippen molar-refractivity contribution in [3.05, 3.63) is 23.1 Å². The van der Waals surface area contributed by atoms with E-state index >= 15 is 0 Å². The molecule has 0 spiro atoms. The second kappa shape index (κ2) is 6.41. The number of likely N-dealkylation sites (tertiary alicyclic amines) is 1. The molecular formula is C16H21N5O3S2. The number of piperidine rings is 1. The Morgan fingerprint density at radius 3 is 2.50 bits per heavy atom. The molecule has 140 valence electrons. The number of hydrogen-bond donors (Lipinski definition) is 0. The third-order valence-electron chi connectivity index (χ3n) is 5.10. The molecule has 0 unspecified atom stereocenters. The molecule has 26 heavy (non-hydrogen) atoms. The van der Waals surface area contributed by atoms with Gasteiger partial charge in [0.1, 0.15) is 5.69 Å². The fourth-order valence-corrected chi connectivity index (χ4v) is 5.21. The highest BCUT2D eigenvalue weighted by Gasteiger charge is 2.33. The first kappa shape index (κ1) is 17.6. The monoisotopic (exact) mass is 395 g/mol. The van der Waals surface area contributed by atoms with Gasteiger partial charge in [-0.05, 0) is 31.7 Å². The van der Waals surface area contributed by atoms with Gasteiger partial charge in [-0.25, -0.2) is 8.42 Å². The molecule has 0 radical (unpaired) electrons. The summed E-state index contributed by atoms with van der Waals surface area (Å²) in [4.78, 5) is 14.7. The van der Waals surface area contributed by atoms with E-state index in [-0.39, 0.29) is 16.0 Å². The summed E-state index contributed by atoms with van der Waals surface area (Å²) in [5.41, 5.74) is 2.19. The zero-order valence-electron chi connectivity index (χ0n) is 14.8. The number of hydrogen-bond acceptors (Lipinski definition) is 7. The van der Waals surface area contributed by atoms with Crippen molar-refractivity contribution < 1.29 is 13.2 Å². The molecule has 0 atom stereocenters. The number of carbonyl (C=O) groups excluding carboxylic acids is 1. The maximum atomic E-state index is 12.8. The van der Waals surface area contributed by atoms with Crippen LogP contribution in [0, 0.1) is 0 Å². The number of nitrogens with zero attached hydrogens (tertiary/aromatic N) is 5. The van der Waals surface area contributed by atoms with Gasteiger partial charge >= 0.3 is 0 Å². The maximum absolute atomic E-state index is 12.8. The minimum Gasteiger partial charge on any atom is -0.337 e. The van der Waals surface area contributed by atoms with Crippen LogP contribution in [0.25, 0.3) is 0 Å². The summed E-state index contributed by atoms with van der Waals surface area (Å²) in [6.07, 6.45) is 4.87. The quantitative estimate of drug-likeness (QED) is 0.779. The Hall–Kier alpha value is -1.81. The van der Waals surface area contributed by atoms with Gasteiger partial charge < -0.3 is 4.90 Å². The normalized spacial score (nSPS) is 19.1. The van der Waals surface area contributed by atoms with Gasteiger partial charge in [-0.2, -0.15) is 5.10 Å². The lowest BCUT2D eigenvalue weighted by Crippen LogP contribution is -2.39. The van der Waals surface area contributed by atoms with Gasteiger partial charge in [0, 0.05) is 49.8 Å². The summed E-state index contributed by atoms with van der Waals surface area (Å²) in [5.74, 6) is 0.529. The van der Waals surface area contributed by atoms with Crippen LogP contribution in [-0.4, -0.2) is 57.9 Å². The second-order valence-corrected chi connectivity index (χ2v) is 10.1. The van der Waals surface area contributed by atoms with E-state index in [2.05, 4.69) is 14.7 Å². The number of aromatic nitrogens is 4. The zero-order valence-corrected chi connectivity index (χ0v) is 16.4. The molecule has 2 aliphatic rings. The SMILES string of the molecule is Cn1nc(C2CC2)cc1C(=O)N1CCC(c2nnsc2S(C)(=O)=O)CC1. The van der Waals surface area contributed by atoms with Crippen LogP contribution in [0.1, 0.15) is 59.4 Å². The molecule has 0 N–H and O–H groups in total. The van der Waals surface area contributed by atoms with Gasteiger partial charge in [-0.3, -0.25) is 9.48 Å². The second-order valence-electron chi connectivity index (χ2n) is 7.14. The van der Waals surface area contributed by atoms with Gasteiger partial charge in [0.05, 0.1) is 11.4 Å². The molecule has 8 nitrogen and oxygen atoms in total. The standard InChI is InChI=1S/C16H21N5O3S2/c1-20-13(9-12(18-20)10-3-4-10)15(22)21-7-5-11(6-8-21)14-16(25-19-17-14)26(2,23)24/h9-11H,3-8H2,1-2H3. The lowest BCUT2D eigenvalue weighted by Gasteiger charge is -2.31. The van der Waals surface area contributed by atoms with E-state index in [1.165, 1.54) is 6.26 Å². The Morgan fingerprint density at radius 2 is 1.88 bits per heavy atom. The van der Waals surface area contributed by atoms with E-state index in [0.717, 1.165) is 30.1 Å². The molecular weight excluding hydrogens is 374 g/mol. The van der Waals surface area contributed by atoms with Crippen molar-refractivity contribution in [2.24, 2.45) is 7.05 Å². The molecule has 1 amide bonds. The summed E-state index contributed by atoms with van der Waals surface area (Å²) in [5, 5.41) is 8.52. The van der Waals surface area contributed by atoms with E-state index in [0.29, 0.717) is 43.2 Å². The molecule has 3 heterocycles. The van der Waals surface area contributed by atoms with Gasteiger partial charge in [-0.15, -0.1) is 5.10 Å². The van der Waals surface area contributed by atoms with Crippen molar-refractivity contribution in [3.63, 3.8) is 0 Å². The fraction of sp³-hybridized carbons (Fsp3) is 0.625. The molecule has 1 aliphatic heterocycles. The van der Waals surface area contributed by atoms with Gasteiger partial charge in [0.15, 0.2) is 14.0 Å². The first-order chi connectivity index (χ1) is 12.3. The maximum Gasteiger partial charge on any atom is 0.272 e. The Morgan fingerprint density at radius 1 is 1.19 bits per heavy atom. The van der Waals surface area contributed by atoms with Gasteiger partial charge in [-0.1, -0.05) is 4.49 Å². The highest BCUT2D eigenvalue weighted by Crippen LogP contribution is 2.39. The van der Waals surface area contributed by atoms with Gasteiger partial charge in [0.2, 0.25) is 0 Å². The Kier molecular flexibility index (Phi) is 4.34.